The molecule has 1 aromatic rings. The number of carbonyl (C=O) groups excluding carboxylic acids is 1. The van der Waals surface area contributed by atoms with Crippen molar-refractivity contribution in [2.75, 3.05) is 25.6 Å². The molecule has 0 aliphatic rings. The van der Waals surface area contributed by atoms with Gasteiger partial charge in [-0.2, -0.15) is 0 Å². The predicted octanol–water partition coefficient (Wildman–Crippen LogP) is 2.61. The molecule has 1 aromatic carbocycles. The Morgan fingerprint density at radius 1 is 1.35 bits per heavy atom. The van der Waals surface area contributed by atoms with E-state index in [1.165, 1.54) is 0 Å². The molecule has 0 fully saturated rings. The Hall–Kier alpha value is -1.07. The van der Waals surface area contributed by atoms with E-state index >= 15 is 0 Å². The highest BCUT2D eigenvalue weighted by Crippen LogP contribution is 2.19. The van der Waals surface area contributed by atoms with Crippen LogP contribution in [0.5, 0.6) is 0 Å². The standard InChI is InChI=1S/C12H16BrNO3/c1-2-5-16-6-7-17-12(15)10-4-3-9(13)8-11(10)14/h3-4,8H,2,5-7,14H2,1H3. The Kier molecular flexibility index (Phi) is 6.00. The number of hydrogen-bond acceptors (Lipinski definition) is 4. The van der Waals surface area contributed by atoms with Crippen molar-refractivity contribution in [3.63, 3.8) is 0 Å². The molecule has 0 bridgehead atoms. The van der Waals surface area contributed by atoms with E-state index in [9.17, 15) is 4.79 Å². The molecule has 4 nitrogen and oxygen atoms in total. The lowest BCUT2D eigenvalue weighted by atomic mass is 10.2. The summed E-state index contributed by atoms with van der Waals surface area (Å²) >= 11 is 3.27. The highest BCUT2D eigenvalue weighted by molar-refractivity contribution is 9.10. The molecule has 0 saturated heterocycles. The van der Waals surface area contributed by atoms with E-state index in [0.29, 0.717) is 24.5 Å². The lowest BCUT2D eigenvalue weighted by molar-refractivity contribution is 0.0319. The Bertz CT molecular complexity index is 382. The van der Waals surface area contributed by atoms with Crippen LogP contribution in [-0.4, -0.2) is 25.8 Å². The van der Waals surface area contributed by atoms with Crippen molar-refractivity contribution in [3.8, 4) is 0 Å². The third-order valence-corrected chi connectivity index (χ3v) is 2.54. The second-order valence-corrected chi connectivity index (χ2v) is 4.40. The molecule has 0 saturated carbocycles. The highest BCUT2D eigenvalue weighted by Gasteiger charge is 2.10. The fraction of sp³-hybridized carbons (Fsp3) is 0.417. The summed E-state index contributed by atoms with van der Waals surface area (Å²) in [4.78, 5) is 11.6. The number of halogens is 1. The Balaban J connectivity index is 2.42. The van der Waals surface area contributed by atoms with E-state index < -0.39 is 5.97 Å². The maximum atomic E-state index is 11.6. The SMILES string of the molecule is CCCOCCOC(=O)c1ccc(Br)cc1N. The Morgan fingerprint density at radius 2 is 2.12 bits per heavy atom. The molecular formula is C12H16BrNO3. The van der Waals surface area contributed by atoms with Gasteiger partial charge in [-0.05, 0) is 24.6 Å². The first-order chi connectivity index (χ1) is 8.15. The monoisotopic (exact) mass is 301 g/mol. The van der Waals surface area contributed by atoms with Crippen LogP contribution in [0.3, 0.4) is 0 Å². The quantitative estimate of drug-likeness (QED) is 0.498. The van der Waals surface area contributed by atoms with E-state index in [4.69, 9.17) is 15.2 Å². The van der Waals surface area contributed by atoms with Crippen LogP contribution in [0.15, 0.2) is 22.7 Å². The summed E-state index contributed by atoms with van der Waals surface area (Å²) in [5.41, 5.74) is 6.49. The van der Waals surface area contributed by atoms with E-state index in [2.05, 4.69) is 15.9 Å². The van der Waals surface area contributed by atoms with Crippen molar-refractivity contribution in [3.05, 3.63) is 28.2 Å². The number of carbonyl (C=O) groups is 1. The molecule has 0 radical (unpaired) electrons. The minimum absolute atomic E-state index is 0.244. The van der Waals surface area contributed by atoms with Crippen LogP contribution >= 0.6 is 15.9 Å². The van der Waals surface area contributed by atoms with Gasteiger partial charge in [0.15, 0.2) is 0 Å². The molecule has 2 N–H and O–H groups in total. The fourth-order valence-electron chi connectivity index (χ4n) is 1.24. The van der Waals surface area contributed by atoms with Gasteiger partial charge >= 0.3 is 5.97 Å². The number of nitrogens with two attached hydrogens (primary N) is 1. The molecule has 0 unspecified atom stereocenters. The summed E-state index contributed by atoms with van der Waals surface area (Å²) in [5.74, 6) is -0.421. The third-order valence-electron chi connectivity index (χ3n) is 2.04. The van der Waals surface area contributed by atoms with E-state index in [0.717, 1.165) is 10.9 Å². The molecule has 0 spiro atoms. The average molecular weight is 302 g/mol. The fourth-order valence-corrected chi connectivity index (χ4v) is 1.62. The summed E-state index contributed by atoms with van der Waals surface area (Å²) in [6, 6.07) is 5.05. The van der Waals surface area contributed by atoms with Gasteiger partial charge in [-0.15, -0.1) is 0 Å². The molecule has 0 aromatic heterocycles. The van der Waals surface area contributed by atoms with E-state index in [1.807, 2.05) is 6.92 Å². The zero-order valence-corrected chi connectivity index (χ0v) is 11.3. The number of rotatable bonds is 6. The number of esters is 1. The Labute approximate surface area is 109 Å². The predicted molar refractivity (Wildman–Crippen MR) is 69.9 cm³/mol. The minimum atomic E-state index is -0.421. The molecule has 17 heavy (non-hydrogen) atoms. The van der Waals surface area contributed by atoms with Crippen LogP contribution in [0.2, 0.25) is 0 Å². The normalized spacial score (nSPS) is 10.2. The van der Waals surface area contributed by atoms with Crippen molar-refractivity contribution < 1.29 is 14.3 Å². The average Bonchev–Trinajstić information content (AvgIpc) is 2.28. The molecule has 0 aliphatic heterocycles. The lowest BCUT2D eigenvalue weighted by Crippen LogP contribution is -2.12. The third kappa shape index (κ3) is 4.75. The van der Waals surface area contributed by atoms with E-state index in [-0.39, 0.29) is 6.61 Å². The molecule has 5 heteroatoms. The number of hydrogen-bond donors (Lipinski definition) is 1. The zero-order chi connectivity index (χ0) is 12.7. The highest BCUT2D eigenvalue weighted by atomic mass is 79.9. The van der Waals surface area contributed by atoms with Gasteiger partial charge in [-0.25, -0.2) is 4.79 Å². The van der Waals surface area contributed by atoms with Gasteiger partial charge in [-0.1, -0.05) is 22.9 Å². The number of nitrogen functional groups attached to an aromatic ring is 1. The Morgan fingerprint density at radius 3 is 2.76 bits per heavy atom. The van der Waals surface area contributed by atoms with Gasteiger partial charge in [0.05, 0.1) is 12.2 Å². The molecule has 0 heterocycles. The van der Waals surface area contributed by atoms with Crippen molar-refractivity contribution >= 4 is 27.6 Å². The zero-order valence-electron chi connectivity index (χ0n) is 9.74. The minimum Gasteiger partial charge on any atom is -0.460 e. The van der Waals surface area contributed by atoms with Gasteiger partial charge in [0.1, 0.15) is 6.61 Å². The van der Waals surface area contributed by atoms with Gasteiger partial charge in [0.25, 0.3) is 0 Å². The molecule has 0 amide bonds. The van der Waals surface area contributed by atoms with Crippen LogP contribution in [0.25, 0.3) is 0 Å². The number of benzene rings is 1. The van der Waals surface area contributed by atoms with Crippen molar-refractivity contribution in [2.45, 2.75) is 13.3 Å². The van der Waals surface area contributed by atoms with Gasteiger partial charge in [-0.3, -0.25) is 0 Å². The maximum absolute atomic E-state index is 11.6. The molecule has 94 valence electrons. The summed E-state index contributed by atoms with van der Waals surface area (Å²) in [7, 11) is 0. The summed E-state index contributed by atoms with van der Waals surface area (Å²) in [6.45, 7) is 3.36. The van der Waals surface area contributed by atoms with Crippen molar-refractivity contribution in [1.29, 1.82) is 0 Å². The summed E-state index contributed by atoms with van der Waals surface area (Å²) in [6.07, 6.45) is 0.952. The van der Waals surface area contributed by atoms with E-state index in [1.54, 1.807) is 18.2 Å². The largest absolute Gasteiger partial charge is 0.460 e. The molecule has 0 aliphatic carbocycles. The molecular weight excluding hydrogens is 286 g/mol. The van der Waals surface area contributed by atoms with Gasteiger partial charge in [0, 0.05) is 16.8 Å². The van der Waals surface area contributed by atoms with Crippen LogP contribution in [0.1, 0.15) is 23.7 Å². The van der Waals surface area contributed by atoms with Crippen LogP contribution in [-0.2, 0) is 9.47 Å². The number of anilines is 1. The lowest BCUT2D eigenvalue weighted by Gasteiger charge is -2.07. The smallest absolute Gasteiger partial charge is 0.340 e. The molecule has 1 rings (SSSR count). The van der Waals surface area contributed by atoms with Crippen molar-refractivity contribution in [2.24, 2.45) is 0 Å². The molecule has 0 atom stereocenters. The summed E-state index contributed by atoms with van der Waals surface area (Å²) < 4.78 is 11.1. The van der Waals surface area contributed by atoms with Crippen LogP contribution in [0, 0.1) is 0 Å². The maximum Gasteiger partial charge on any atom is 0.340 e. The topological polar surface area (TPSA) is 61.5 Å². The second kappa shape index (κ2) is 7.29. The first kappa shape index (κ1) is 14.0. The van der Waals surface area contributed by atoms with Gasteiger partial charge < -0.3 is 15.2 Å². The second-order valence-electron chi connectivity index (χ2n) is 3.48. The van der Waals surface area contributed by atoms with Crippen LogP contribution < -0.4 is 5.73 Å². The first-order valence-electron chi connectivity index (χ1n) is 5.45. The number of ether oxygens (including phenoxy) is 2. The first-order valence-corrected chi connectivity index (χ1v) is 6.24. The van der Waals surface area contributed by atoms with Gasteiger partial charge in [0.2, 0.25) is 0 Å². The summed E-state index contributed by atoms with van der Waals surface area (Å²) in [5, 5.41) is 0. The van der Waals surface area contributed by atoms with Crippen LogP contribution in [0.4, 0.5) is 5.69 Å². The van der Waals surface area contributed by atoms with Crippen molar-refractivity contribution in [1.82, 2.24) is 0 Å².